The topological polar surface area (TPSA) is 142 Å². The number of nitro benzene ring substituents is 1. The first-order valence-electron chi connectivity index (χ1n) is 9.00. The summed E-state index contributed by atoms with van der Waals surface area (Å²) in [7, 11) is 0. The van der Waals surface area contributed by atoms with E-state index < -0.39 is 64.2 Å². The van der Waals surface area contributed by atoms with Crippen molar-refractivity contribution in [2.45, 2.75) is 31.8 Å². The second-order valence-electron chi connectivity index (χ2n) is 7.11. The number of hydrogen-bond donors (Lipinski definition) is 0. The number of benzene rings is 1. The fourth-order valence-corrected chi connectivity index (χ4v) is 4.26. The zero-order valence-electron chi connectivity index (χ0n) is 15.8. The number of amides is 2. The number of imide groups is 1. The molecule has 2 fully saturated rings. The minimum Gasteiger partial charge on any atom is -0.422 e. The van der Waals surface area contributed by atoms with Gasteiger partial charge in [0, 0.05) is 19.9 Å². The minimum absolute atomic E-state index is 0.169. The molecule has 0 radical (unpaired) electrons. The number of ether oxygens (including phenoxy) is 3. The second-order valence-corrected chi connectivity index (χ2v) is 7.11. The quantitative estimate of drug-likeness (QED) is 0.170. The molecule has 4 atom stereocenters. The van der Waals surface area contributed by atoms with E-state index in [1.807, 2.05) is 0 Å². The smallest absolute Gasteiger partial charge is 0.305 e. The Labute approximate surface area is 169 Å². The Morgan fingerprint density at radius 3 is 2.40 bits per heavy atom. The maximum Gasteiger partial charge on any atom is 0.305 e. The SMILES string of the molecule is CC(=O)OC(OC(C)=O)[C@]12C=C[C@H](O1)[C@@H]1C(=O)N(c3ccccc3[N+](=O)[O-])C(=O)[C@@H]12. The monoisotopic (exact) mass is 416 g/mol. The van der Waals surface area contributed by atoms with Gasteiger partial charge in [-0.1, -0.05) is 18.2 Å². The molecule has 0 N–H and O–H groups in total. The van der Waals surface area contributed by atoms with Crippen LogP contribution in [0, 0.1) is 22.0 Å². The average molecular weight is 416 g/mol. The summed E-state index contributed by atoms with van der Waals surface area (Å²) in [5, 5.41) is 11.4. The maximum absolute atomic E-state index is 13.3. The molecule has 4 rings (SSSR count). The highest BCUT2D eigenvalue weighted by Gasteiger charge is 2.72. The van der Waals surface area contributed by atoms with E-state index in [0.717, 1.165) is 18.7 Å². The van der Waals surface area contributed by atoms with E-state index in [-0.39, 0.29) is 5.69 Å². The number of hydrogen-bond acceptors (Lipinski definition) is 9. The lowest BCUT2D eigenvalue weighted by atomic mass is 9.76. The molecule has 156 valence electrons. The third-order valence-corrected chi connectivity index (χ3v) is 5.31. The van der Waals surface area contributed by atoms with Gasteiger partial charge in [-0.15, -0.1) is 0 Å². The number of carbonyl (C=O) groups excluding carboxylic acids is 4. The Hall–Kier alpha value is -3.60. The molecule has 2 amide bonds. The van der Waals surface area contributed by atoms with Gasteiger partial charge >= 0.3 is 11.9 Å². The van der Waals surface area contributed by atoms with Gasteiger partial charge in [0.15, 0.2) is 5.60 Å². The highest BCUT2D eigenvalue weighted by molar-refractivity contribution is 6.24. The molecule has 0 unspecified atom stereocenters. The van der Waals surface area contributed by atoms with Gasteiger partial charge in [-0.05, 0) is 12.1 Å². The Morgan fingerprint density at radius 1 is 1.17 bits per heavy atom. The zero-order chi connectivity index (χ0) is 21.8. The number of rotatable bonds is 5. The Balaban J connectivity index is 1.78. The van der Waals surface area contributed by atoms with Crippen LogP contribution in [0.5, 0.6) is 0 Å². The number of para-hydroxylation sites is 2. The zero-order valence-corrected chi connectivity index (χ0v) is 15.8. The Morgan fingerprint density at radius 2 is 1.80 bits per heavy atom. The van der Waals surface area contributed by atoms with Gasteiger partial charge in [0.2, 0.25) is 11.8 Å². The van der Waals surface area contributed by atoms with Crippen LogP contribution in [0.2, 0.25) is 0 Å². The molecule has 0 saturated carbocycles. The summed E-state index contributed by atoms with van der Waals surface area (Å²) in [6.45, 7) is 2.19. The molecule has 30 heavy (non-hydrogen) atoms. The van der Waals surface area contributed by atoms with Gasteiger partial charge in [0.1, 0.15) is 5.69 Å². The van der Waals surface area contributed by atoms with Crippen LogP contribution in [0.15, 0.2) is 36.4 Å². The van der Waals surface area contributed by atoms with E-state index in [2.05, 4.69) is 0 Å². The van der Waals surface area contributed by atoms with E-state index >= 15 is 0 Å². The van der Waals surface area contributed by atoms with Crippen molar-refractivity contribution in [3.8, 4) is 0 Å². The first-order valence-corrected chi connectivity index (χ1v) is 9.00. The number of carbonyl (C=O) groups is 4. The summed E-state index contributed by atoms with van der Waals surface area (Å²) in [6, 6.07) is 5.37. The number of fused-ring (bicyclic) bond motifs is 5. The lowest BCUT2D eigenvalue weighted by molar-refractivity contribution is -0.384. The summed E-state index contributed by atoms with van der Waals surface area (Å²) < 4.78 is 16.1. The molecule has 0 aliphatic carbocycles. The first kappa shape index (κ1) is 19.7. The third-order valence-electron chi connectivity index (χ3n) is 5.31. The molecule has 3 aliphatic rings. The van der Waals surface area contributed by atoms with Crippen molar-refractivity contribution in [1.29, 1.82) is 0 Å². The van der Waals surface area contributed by atoms with Gasteiger partial charge in [-0.2, -0.15) is 0 Å². The molecule has 0 aromatic heterocycles. The van der Waals surface area contributed by atoms with Crippen molar-refractivity contribution in [1.82, 2.24) is 0 Å². The summed E-state index contributed by atoms with van der Waals surface area (Å²) in [5.41, 5.74) is -2.29. The van der Waals surface area contributed by atoms with Crippen LogP contribution in [0.4, 0.5) is 11.4 Å². The van der Waals surface area contributed by atoms with Gasteiger partial charge in [0.05, 0.1) is 22.9 Å². The molecule has 2 bridgehead atoms. The standard InChI is InChI=1S/C19H16N2O9/c1-9(22)28-18(29-10(2)23)19-8-7-13(30-19)14-15(19)17(25)20(16(14)24)11-5-3-4-6-12(11)21(26)27/h3-8,13-15,18H,1-2H3/t13-,14-,15+,19+/m0/s1. The number of esters is 2. The van der Waals surface area contributed by atoms with E-state index in [4.69, 9.17) is 14.2 Å². The van der Waals surface area contributed by atoms with E-state index in [1.165, 1.54) is 36.4 Å². The molecule has 1 aromatic rings. The van der Waals surface area contributed by atoms with E-state index in [1.54, 1.807) is 0 Å². The summed E-state index contributed by atoms with van der Waals surface area (Å²) >= 11 is 0. The molecular weight excluding hydrogens is 400 g/mol. The van der Waals surface area contributed by atoms with Crippen LogP contribution in [0.3, 0.4) is 0 Å². The Kier molecular flexibility index (Phi) is 4.42. The van der Waals surface area contributed by atoms with Crippen LogP contribution in [-0.2, 0) is 33.4 Å². The summed E-state index contributed by atoms with van der Waals surface area (Å²) in [4.78, 5) is 61.1. The molecular formula is C19H16N2O9. The number of anilines is 1. The normalized spacial score (nSPS) is 28.8. The molecule has 1 aromatic carbocycles. The van der Waals surface area contributed by atoms with Crippen molar-refractivity contribution in [3.63, 3.8) is 0 Å². The van der Waals surface area contributed by atoms with E-state index in [9.17, 15) is 29.3 Å². The second kappa shape index (κ2) is 6.73. The van der Waals surface area contributed by atoms with Crippen LogP contribution in [0.25, 0.3) is 0 Å². The maximum atomic E-state index is 13.3. The molecule has 3 heterocycles. The van der Waals surface area contributed by atoms with Crippen LogP contribution < -0.4 is 4.90 Å². The summed E-state index contributed by atoms with van der Waals surface area (Å²) in [5.74, 6) is -5.21. The van der Waals surface area contributed by atoms with Crippen molar-refractivity contribution in [3.05, 3.63) is 46.5 Å². The third kappa shape index (κ3) is 2.70. The molecule has 2 saturated heterocycles. The van der Waals surface area contributed by atoms with Gasteiger partial charge < -0.3 is 14.2 Å². The highest BCUT2D eigenvalue weighted by Crippen LogP contribution is 2.55. The van der Waals surface area contributed by atoms with E-state index in [0.29, 0.717) is 0 Å². The fourth-order valence-electron chi connectivity index (χ4n) is 4.26. The predicted octanol–water partition coefficient (Wildman–Crippen LogP) is 0.860. The number of nitro groups is 1. The molecule has 11 heteroatoms. The first-order chi connectivity index (χ1) is 14.2. The predicted molar refractivity (Wildman–Crippen MR) is 96.6 cm³/mol. The molecule has 0 spiro atoms. The molecule has 11 nitrogen and oxygen atoms in total. The fraction of sp³-hybridized carbons (Fsp3) is 0.368. The number of nitrogens with zero attached hydrogens (tertiary/aromatic N) is 2. The van der Waals surface area contributed by atoms with Crippen LogP contribution >= 0.6 is 0 Å². The van der Waals surface area contributed by atoms with Crippen LogP contribution in [-0.4, -0.2) is 46.7 Å². The molecule has 3 aliphatic heterocycles. The highest BCUT2D eigenvalue weighted by atomic mass is 16.7. The minimum atomic E-state index is -1.71. The van der Waals surface area contributed by atoms with Gasteiger partial charge in [0.25, 0.3) is 12.0 Å². The van der Waals surface area contributed by atoms with Gasteiger partial charge in [-0.3, -0.25) is 29.3 Å². The summed E-state index contributed by atoms with van der Waals surface area (Å²) in [6.07, 6.45) is 0.512. The lowest BCUT2D eigenvalue weighted by Crippen LogP contribution is -2.52. The Bertz CT molecular complexity index is 1000. The van der Waals surface area contributed by atoms with Crippen molar-refractivity contribution >= 4 is 35.1 Å². The lowest BCUT2D eigenvalue weighted by Gasteiger charge is -2.34. The largest absolute Gasteiger partial charge is 0.422 e. The van der Waals surface area contributed by atoms with Gasteiger partial charge in [-0.25, -0.2) is 4.90 Å². The average Bonchev–Trinajstić information content (AvgIpc) is 3.31. The van der Waals surface area contributed by atoms with Crippen molar-refractivity contribution in [2.75, 3.05) is 4.90 Å². The van der Waals surface area contributed by atoms with Crippen LogP contribution in [0.1, 0.15) is 13.8 Å². The van der Waals surface area contributed by atoms with Crippen molar-refractivity contribution < 1.29 is 38.3 Å². The van der Waals surface area contributed by atoms with Crippen molar-refractivity contribution in [2.24, 2.45) is 11.8 Å².